The molecule has 0 nitrogen and oxygen atoms in total. The zero-order valence-electron chi connectivity index (χ0n) is 8.81. The molecule has 5 heteroatoms. The Bertz CT molecular complexity index is 532. The van der Waals surface area contributed by atoms with E-state index in [2.05, 4.69) is 44.8 Å². The summed E-state index contributed by atoms with van der Waals surface area (Å²) < 4.78 is 2.07. The molecule has 0 aliphatic rings. The van der Waals surface area contributed by atoms with Gasteiger partial charge in [-0.2, -0.15) is 0 Å². The molecular weight excluding hydrogens is 407 g/mol. The summed E-state index contributed by atoms with van der Waals surface area (Å²) in [4.78, 5) is 1.12. The quantitative estimate of drug-likeness (QED) is 0.488. The fourth-order valence-corrected chi connectivity index (χ4v) is 4.47. The summed E-state index contributed by atoms with van der Waals surface area (Å²) >= 11 is 21.1. The Kier molecular flexibility index (Phi) is 4.59. The van der Waals surface area contributed by atoms with Gasteiger partial charge in [-0.25, -0.2) is 0 Å². The van der Waals surface area contributed by atoms with E-state index in [4.69, 9.17) is 23.2 Å². The fraction of sp³-hybridized carbons (Fsp3) is 0.167. The van der Waals surface area contributed by atoms with Gasteiger partial charge in [-0.15, -0.1) is 22.9 Å². The molecule has 0 aliphatic carbocycles. The highest BCUT2D eigenvalue weighted by Crippen LogP contribution is 2.40. The largest absolute Gasteiger partial charge is 0.131 e. The second-order valence-electron chi connectivity index (χ2n) is 3.63. The van der Waals surface area contributed by atoms with Crippen molar-refractivity contribution in [2.45, 2.75) is 12.3 Å². The summed E-state index contributed by atoms with van der Waals surface area (Å²) in [7, 11) is 0. The Hall–Kier alpha value is 0.460. The highest BCUT2D eigenvalue weighted by atomic mass is 79.9. The van der Waals surface area contributed by atoms with E-state index in [-0.39, 0.29) is 5.38 Å². The molecular formula is C12H8Br2Cl2S. The first kappa shape index (κ1) is 13.9. The minimum absolute atomic E-state index is 0.156. The number of thiophene rings is 1. The molecule has 0 saturated heterocycles. The smallest absolute Gasteiger partial charge is 0.0939 e. The molecule has 90 valence electrons. The fourth-order valence-electron chi connectivity index (χ4n) is 1.47. The third-order valence-corrected chi connectivity index (χ3v) is 6.08. The molecule has 0 amide bonds. The molecule has 1 atom stereocenters. The van der Waals surface area contributed by atoms with Crippen molar-refractivity contribution in [2.75, 3.05) is 0 Å². The Morgan fingerprint density at radius 2 is 1.94 bits per heavy atom. The Morgan fingerprint density at radius 1 is 1.24 bits per heavy atom. The highest BCUT2D eigenvalue weighted by molar-refractivity contribution is 9.11. The van der Waals surface area contributed by atoms with Gasteiger partial charge in [0.25, 0.3) is 0 Å². The van der Waals surface area contributed by atoms with E-state index in [0.29, 0.717) is 5.02 Å². The number of rotatable bonds is 2. The van der Waals surface area contributed by atoms with Gasteiger partial charge in [-0.3, -0.25) is 0 Å². The Morgan fingerprint density at radius 3 is 2.47 bits per heavy atom. The van der Waals surface area contributed by atoms with Crippen molar-refractivity contribution in [3.8, 4) is 0 Å². The second kappa shape index (κ2) is 5.62. The van der Waals surface area contributed by atoms with E-state index in [9.17, 15) is 0 Å². The van der Waals surface area contributed by atoms with Crippen LogP contribution in [0, 0.1) is 6.92 Å². The standard InChI is InChI=1S/C12H8Br2Cl2S/c1-6-4-10(17-12(6)14)11(16)8-3-2-7(15)5-9(8)13/h2-5,11H,1H3. The van der Waals surface area contributed by atoms with Gasteiger partial charge in [0, 0.05) is 14.4 Å². The van der Waals surface area contributed by atoms with Crippen molar-refractivity contribution in [3.05, 3.63) is 53.6 Å². The van der Waals surface area contributed by atoms with Crippen LogP contribution in [-0.4, -0.2) is 0 Å². The van der Waals surface area contributed by atoms with E-state index >= 15 is 0 Å². The number of benzene rings is 1. The number of alkyl halides is 1. The van der Waals surface area contributed by atoms with Gasteiger partial charge in [0.2, 0.25) is 0 Å². The van der Waals surface area contributed by atoms with Gasteiger partial charge in [-0.05, 0) is 52.2 Å². The van der Waals surface area contributed by atoms with Crippen molar-refractivity contribution in [1.29, 1.82) is 0 Å². The Labute approximate surface area is 131 Å². The first-order chi connectivity index (χ1) is 7.99. The van der Waals surface area contributed by atoms with Gasteiger partial charge >= 0.3 is 0 Å². The molecule has 2 rings (SSSR count). The van der Waals surface area contributed by atoms with Crippen molar-refractivity contribution in [1.82, 2.24) is 0 Å². The van der Waals surface area contributed by atoms with Crippen LogP contribution < -0.4 is 0 Å². The molecule has 1 aromatic carbocycles. The maximum atomic E-state index is 6.49. The van der Waals surface area contributed by atoms with Gasteiger partial charge in [0.1, 0.15) is 0 Å². The summed E-state index contributed by atoms with van der Waals surface area (Å²) in [5.74, 6) is 0. The highest BCUT2D eigenvalue weighted by Gasteiger charge is 2.17. The van der Waals surface area contributed by atoms with Crippen LogP contribution in [0.2, 0.25) is 5.02 Å². The third-order valence-electron chi connectivity index (χ3n) is 2.36. The SMILES string of the molecule is Cc1cc(C(Cl)c2ccc(Cl)cc2Br)sc1Br. The van der Waals surface area contributed by atoms with Crippen LogP contribution in [0.3, 0.4) is 0 Å². The molecule has 0 spiro atoms. The van der Waals surface area contributed by atoms with Crippen molar-refractivity contribution in [2.24, 2.45) is 0 Å². The number of hydrogen-bond donors (Lipinski definition) is 0. The van der Waals surface area contributed by atoms with Crippen molar-refractivity contribution >= 4 is 66.4 Å². The van der Waals surface area contributed by atoms with Crippen LogP contribution in [0.1, 0.15) is 21.4 Å². The molecule has 0 radical (unpaired) electrons. The molecule has 17 heavy (non-hydrogen) atoms. The predicted molar refractivity (Wildman–Crippen MR) is 83.6 cm³/mol. The lowest BCUT2D eigenvalue weighted by molar-refractivity contribution is 1.17. The molecule has 0 fully saturated rings. The number of aryl methyl sites for hydroxylation is 1. The molecule has 1 heterocycles. The lowest BCUT2D eigenvalue weighted by Gasteiger charge is -2.10. The minimum atomic E-state index is -0.156. The van der Waals surface area contributed by atoms with E-state index in [0.717, 1.165) is 18.7 Å². The van der Waals surface area contributed by atoms with Crippen molar-refractivity contribution in [3.63, 3.8) is 0 Å². The molecule has 0 bridgehead atoms. The predicted octanol–water partition coefficient (Wildman–Crippen LogP) is 6.56. The summed E-state index contributed by atoms with van der Waals surface area (Å²) in [6.45, 7) is 2.06. The van der Waals surface area contributed by atoms with E-state index in [1.54, 1.807) is 11.3 Å². The van der Waals surface area contributed by atoms with Crippen LogP contribution in [0.5, 0.6) is 0 Å². The second-order valence-corrected chi connectivity index (χ2v) is 7.76. The zero-order valence-corrected chi connectivity index (χ0v) is 14.3. The van der Waals surface area contributed by atoms with E-state index in [1.165, 1.54) is 5.56 Å². The van der Waals surface area contributed by atoms with Crippen LogP contribution >= 0.6 is 66.4 Å². The summed E-state index contributed by atoms with van der Waals surface area (Å²) in [5.41, 5.74) is 2.24. The Balaban J connectivity index is 2.39. The summed E-state index contributed by atoms with van der Waals surface area (Å²) in [6, 6.07) is 7.77. The maximum absolute atomic E-state index is 6.49. The average Bonchev–Trinajstić information content (AvgIpc) is 2.58. The molecule has 0 saturated carbocycles. The topological polar surface area (TPSA) is 0 Å². The zero-order chi connectivity index (χ0) is 12.6. The molecule has 0 aliphatic heterocycles. The van der Waals surface area contributed by atoms with Crippen LogP contribution in [0.15, 0.2) is 32.5 Å². The average molecular weight is 415 g/mol. The number of halogens is 4. The monoisotopic (exact) mass is 412 g/mol. The first-order valence-corrected chi connectivity index (χ1v) is 8.05. The van der Waals surface area contributed by atoms with Gasteiger partial charge in [0.05, 0.1) is 9.16 Å². The van der Waals surface area contributed by atoms with Gasteiger partial charge < -0.3 is 0 Å². The molecule has 2 aromatic rings. The molecule has 1 aromatic heterocycles. The van der Waals surface area contributed by atoms with Crippen LogP contribution in [0.25, 0.3) is 0 Å². The summed E-state index contributed by atoms with van der Waals surface area (Å²) in [6.07, 6.45) is 0. The normalized spacial score (nSPS) is 12.8. The van der Waals surface area contributed by atoms with Crippen molar-refractivity contribution < 1.29 is 0 Å². The van der Waals surface area contributed by atoms with Crippen LogP contribution in [0.4, 0.5) is 0 Å². The lowest BCUT2D eigenvalue weighted by Crippen LogP contribution is -1.91. The molecule has 0 N–H and O–H groups in total. The minimum Gasteiger partial charge on any atom is -0.131 e. The third kappa shape index (κ3) is 3.07. The number of hydrogen-bond acceptors (Lipinski definition) is 1. The lowest BCUT2D eigenvalue weighted by atomic mass is 10.1. The van der Waals surface area contributed by atoms with E-state index in [1.807, 2.05) is 18.2 Å². The van der Waals surface area contributed by atoms with Gasteiger partial charge in [-0.1, -0.05) is 33.6 Å². The van der Waals surface area contributed by atoms with Gasteiger partial charge in [0.15, 0.2) is 0 Å². The maximum Gasteiger partial charge on any atom is 0.0939 e. The van der Waals surface area contributed by atoms with E-state index < -0.39 is 0 Å². The first-order valence-electron chi connectivity index (χ1n) is 4.84. The van der Waals surface area contributed by atoms with Crippen LogP contribution in [-0.2, 0) is 0 Å². The summed E-state index contributed by atoms with van der Waals surface area (Å²) in [5, 5.41) is 0.546. The molecule has 1 unspecified atom stereocenters.